The third-order valence-electron chi connectivity index (χ3n) is 2.62. The van der Waals surface area contributed by atoms with Crippen LogP contribution in [0.2, 0.25) is 0 Å². The molecule has 1 aromatic heterocycles. The molecular formula is C11H17NO5S2. The fraction of sp³-hybridized carbons (Fsp3) is 0.545. The zero-order valence-corrected chi connectivity index (χ0v) is 12.8. The molecular weight excluding hydrogens is 290 g/mol. The number of carbonyl (C=O) groups is 1. The van der Waals surface area contributed by atoms with E-state index in [1.165, 1.54) is 12.5 Å². The molecule has 0 amide bonds. The first-order chi connectivity index (χ1) is 8.60. The highest BCUT2D eigenvalue weighted by Gasteiger charge is 2.28. The molecule has 0 unspecified atom stereocenters. The summed E-state index contributed by atoms with van der Waals surface area (Å²) >= 11 is 0.900. The first-order valence-corrected chi connectivity index (χ1v) is 7.83. The van der Waals surface area contributed by atoms with Crippen LogP contribution in [0, 0.1) is 6.92 Å². The van der Waals surface area contributed by atoms with Gasteiger partial charge >= 0.3 is 5.97 Å². The van der Waals surface area contributed by atoms with Crippen LogP contribution in [0.5, 0.6) is 0 Å². The van der Waals surface area contributed by atoms with E-state index in [1.54, 1.807) is 20.8 Å². The van der Waals surface area contributed by atoms with Crippen molar-refractivity contribution in [2.45, 2.75) is 31.3 Å². The van der Waals surface area contributed by atoms with E-state index in [2.05, 4.69) is 4.72 Å². The normalized spacial score (nSPS) is 12.6. The summed E-state index contributed by atoms with van der Waals surface area (Å²) < 4.78 is 31.9. The summed E-state index contributed by atoms with van der Waals surface area (Å²) in [4.78, 5) is 10.7. The molecule has 108 valence electrons. The van der Waals surface area contributed by atoms with Crippen molar-refractivity contribution < 1.29 is 23.1 Å². The summed E-state index contributed by atoms with van der Waals surface area (Å²) in [6.45, 7) is 5.08. The number of carboxylic acids is 1. The molecule has 0 aliphatic carbocycles. The maximum atomic E-state index is 12.2. The van der Waals surface area contributed by atoms with Crippen LogP contribution in [0.3, 0.4) is 0 Å². The zero-order chi connectivity index (χ0) is 14.8. The molecule has 1 aromatic rings. The van der Waals surface area contributed by atoms with E-state index in [9.17, 15) is 13.2 Å². The number of rotatable bonds is 6. The number of hydrogen-bond acceptors (Lipinski definition) is 5. The van der Waals surface area contributed by atoms with Gasteiger partial charge in [0.05, 0.1) is 5.60 Å². The van der Waals surface area contributed by atoms with Crippen molar-refractivity contribution in [3.8, 4) is 0 Å². The lowest BCUT2D eigenvalue weighted by Crippen LogP contribution is -2.40. The Kier molecular flexibility index (Phi) is 4.72. The lowest BCUT2D eigenvalue weighted by Gasteiger charge is -2.23. The number of aryl methyl sites for hydroxylation is 1. The van der Waals surface area contributed by atoms with Gasteiger partial charge in [0.2, 0.25) is 10.0 Å². The van der Waals surface area contributed by atoms with Crippen molar-refractivity contribution in [2.24, 2.45) is 0 Å². The minimum Gasteiger partial charge on any atom is -0.477 e. The molecule has 2 N–H and O–H groups in total. The highest BCUT2D eigenvalue weighted by molar-refractivity contribution is 7.89. The van der Waals surface area contributed by atoms with Crippen LogP contribution in [-0.2, 0) is 14.8 Å². The third-order valence-corrected chi connectivity index (χ3v) is 5.42. The summed E-state index contributed by atoms with van der Waals surface area (Å²) in [6.07, 6.45) is 0. The van der Waals surface area contributed by atoms with E-state index in [1.807, 2.05) is 0 Å². The Morgan fingerprint density at radius 3 is 2.58 bits per heavy atom. The third kappa shape index (κ3) is 3.75. The van der Waals surface area contributed by atoms with Crippen LogP contribution >= 0.6 is 11.3 Å². The van der Waals surface area contributed by atoms with Gasteiger partial charge in [-0.15, -0.1) is 11.3 Å². The monoisotopic (exact) mass is 307 g/mol. The van der Waals surface area contributed by atoms with Gasteiger partial charge in [-0.05, 0) is 31.7 Å². The number of aromatic carboxylic acids is 1. The average Bonchev–Trinajstić information content (AvgIpc) is 2.70. The average molecular weight is 307 g/mol. The summed E-state index contributed by atoms with van der Waals surface area (Å²) in [5, 5.41) is 10.5. The fourth-order valence-corrected chi connectivity index (χ4v) is 4.15. The van der Waals surface area contributed by atoms with Gasteiger partial charge in [0.1, 0.15) is 9.77 Å². The molecule has 0 aromatic carbocycles. The van der Waals surface area contributed by atoms with Crippen molar-refractivity contribution in [3.63, 3.8) is 0 Å². The minimum absolute atomic E-state index is 0.0557. The number of thiophene rings is 1. The van der Waals surface area contributed by atoms with Crippen molar-refractivity contribution in [1.82, 2.24) is 4.72 Å². The fourth-order valence-electron chi connectivity index (χ4n) is 1.33. The van der Waals surface area contributed by atoms with Crippen LogP contribution in [0.1, 0.15) is 29.1 Å². The van der Waals surface area contributed by atoms with Crippen LogP contribution < -0.4 is 4.72 Å². The van der Waals surface area contributed by atoms with E-state index in [0.717, 1.165) is 11.3 Å². The molecule has 1 heterocycles. The summed E-state index contributed by atoms with van der Waals surface area (Å²) in [6, 6.07) is 0. The largest absolute Gasteiger partial charge is 0.477 e. The molecule has 0 spiro atoms. The zero-order valence-electron chi connectivity index (χ0n) is 11.2. The molecule has 19 heavy (non-hydrogen) atoms. The Balaban J connectivity index is 3.08. The van der Waals surface area contributed by atoms with Crippen LogP contribution in [0.15, 0.2) is 10.3 Å². The summed E-state index contributed by atoms with van der Waals surface area (Å²) in [7, 11) is -2.39. The van der Waals surface area contributed by atoms with Gasteiger partial charge in [-0.3, -0.25) is 0 Å². The Labute approximate surface area is 116 Å². The number of sulfonamides is 1. The smallest absolute Gasteiger partial charge is 0.347 e. The molecule has 6 nitrogen and oxygen atoms in total. The summed E-state index contributed by atoms with van der Waals surface area (Å²) in [5.74, 6) is -1.25. The summed E-state index contributed by atoms with van der Waals surface area (Å²) in [5.41, 5.74) is -0.245. The van der Waals surface area contributed by atoms with Gasteiger partial charge in [-0.2, -0.15) is 0 Å². The van der Waals surface area contributed by atoms with Crippen molar-refractivity contribution in [3.05, 3.63) is 15.8 Å². The number of nitrogens with one attached hydrogen (secondary N) is 1. The first kappa shape index (κ1) is 16.1. The Hall–Kier alpha value is -0.960. The van der Waals surface area contributed by atoms with E-state index in [0.29, 0.717) is 5.56 Å². The second-order valence-electron chi connectivity index (χ2n) is 4.67. The maximum Gasteiger partial charge on any atom is 0.347 e. The van der Waals surface area contributed by atoms with E-state index >= 15 is 0 Å². The van der Waals surface area contributed by atoms with Crippen molar-refractivity contribution >= 4 is 27.3 Å². The Bertz CT molecular complexity index is 574. The second kappa shape index (κ2) is 5.58. The van der Waals surface area contributed by atoms with Crippen LogP contribution in [-0.4, -0.2) is 38.7 Å². The van der Waals surface area contributed by atoms with Crippen molar-refractivity contribution in [1.29, 1.82) is 0 Å². The van der Waals surface area contributed by atoms with Gasteiger partial charge in [-0.1, -0.05) is 0 Å². The maximum absolute atomic E-state index is 12.2. The molecule has 0 saturated heterocycles. The molecule has 0 aliphatic rings. The molecule has 1 rings (SSSR count). The van der Waals surface area contributed by atoms with Gasteiger partial charge in [0.15, 0.2) is 0 Å². The first-order valence-electron chi connectivity index (χ1n) is 5.47. The van der Waals surface area contributed by atoms with Crippen LogP contribution in [0.4, 0.5) is 0 Å². The van der Waals surface area contributed by atoms with Gasteiger partial charge in [0.25, 0.3) is 0 Å². The van der Waals surface area contributed by atoms with Crippen molar-refractivity contribution in [2.75, 3.05) is 13.7 Å². The standard InChI is InChI=1S/C11H17NO5S2/c1-7-5-18-8(10(13)14)9(7)19(15,16)12-6-11(2,3)17-4/h5,12H,6H2,1-4H3,(H,13,14). The number of carboxylic acid groups (broad SMARTS) is 1. The Morgan fingerprint density at radius 1 is 1.53 bits per heavy atom. The number of hydrogen-bond donors (Lipinski definition) is 2. The number of ether oxygens (including phenoxy) is 1. The molecule has 0 radical (unpaired) electrons. The molecule has 0 aliphatic heterocycles. The minimum atomic E-state index is -3.87. The Morgan fingerprint density at radius 2 is 2.11 bits per heavy atom. The SMILES string of the molecule is COC(C)(C)CNS(=O)(=O)c1c(C)csc1C(=O)O. The highest BCUT2D eigenvalue weighted by atomic mass is 32.2. The molecule has 0 fully saturated rings. The topological polar surface area (TPSA) is 92.7 Å². The van der Waals surface area contributed by atoms with E-state index < -0.39 is 21.6 Å². The highest BCUT2D eigenvalue weighted by Crippen LogP contribution is 2.26. The molecule has 0 saturated carbocycles. The predicted molar refractivity (Wildman–Crippen MR) is 72.3 cm³/mol. The van der Waals surface area contributed by atoms with Gasteiger partial charge < -0.3 is 9.84 Å². The predicted octanol–water partition coefficient (Wildman–Crippen LogP) is 1.46. The van der Waals surface area contributed by atoms with Gasteiger partial charge in [0, 0.05) is 13.7 Å². The lowest BCUT2D eigenvalue weighted by molar-refractivity contribution is 0.0276. The van der Waals surface area contributed by atoms with E-state index in [-0.39, 0.29) is 16.3 Å². The second-order valence-corrected chi connectivity index (χ2v) is 7.25. The van der Waals surface area contributed by atoms with E-state index in [4.69, 9.17) is 9.84 Å². The molecule has 0 atom stereocenters. The molecule has 0 bridgehead atoms. The van der Waals surface area contributed by atoms with Gasteiger partial charge in [-0.25, -0.2) is 17.9 Å². The molecule has 8 heteroatoms. The van der Waals surface area contributed by atoms with Crippen LogP contribution in [0.25, 0.3) is 0 Å². The quantitative estimate of drug-likeness (QED) is 0.830. The lowest BCUT2D eigenvalue weighted by atomic mass is 10.1. The number of methoxy groups -OCH3 is 1.